The van der Waals surface area contributed by atoms with E-state index >= 15 is 0 Å². The Bertz CT molecular complexity index is 472. The van der Waals surface area contributed by atoms with Crippen LogP contribution in [0.5, 0.6) is 0 Å². The zero-order valence-electron chi connectivity index (χ0n) is 10.7. The molecular weight excluding hydrogens is 335 g/mol. The Morgan fingerprint density at radius 2 is 1.75 bits per heavy atom. The second-order valence-electron chi connectivity index (χ2n) is 4.96. The second kappa shape index (κ2) is 6.16. The zero-order chi connectivity index (χ0) is 14.8. The Morgan fingerprint density at radius 3 is 2.30 bits per heavy atom. The summed E-state index contributed by atoms with van der Waals surface area (Å²) in [5, 5.41) is 2.88. The van der Waals surface area contributed by atoms with Crippen molar-refractivity contribution in [3.05, 3.63) is 35.4 Å². The van der Waals surface area contributed by atoms with E-state index in [1.54, 1.807) is 0 Å². The van der Waals surface area contributed by atoms with Crippen LogP contribution in [-0.2, 0) is 6.18 Å². The van der Waals surface area contributed by atoms with Gasteiger partial charge in [-0.25, -0.2) is 0 Å². The number of rotatable bonds is 2. The molecular formula is C14H15BrF3NO. The number of carbonyl (C=O) groups is 1. The summed E-state index contributed by atoms with van der Waals surface area (Å²) in [7, 11) is 0. The van der Waals surface area contributed by atoms with Crippen molar-refractivity contribution in [3.8, 4) is 0 Å². The molecule has 1 aromatic rings. The Hall–Kier alpha value is -1.04. The normalized spacial score (nSPS) is 23.4. The minimum atomic E-state index is -4.38. The van der Waals surface area contributed by atoms with Crippen LogP contribution in [0.3, 0.4) is 0 Å². The number of benzene rings is 1. The number of hydrogen-bond donors (Lipinski definition) is 1. The molecule has 2 rings (SSSR count). The SMILES string of the molecule is O=C(NC1CCCCC1Br)c1ccc(C(F)(F)F)cc1. The van der Waals surface area contributed by atoms with Gasteiger partial charge in [0.05, 0.1) is 5.56 Å². The van der Waals surface area contributed by atoms with Gasteiger partial charge in [0.1, 0.15) is 0 Å². The van der Waals surface area contributed by atoms with E-state index in [9.17, 15) is 18.0 Å². The van der Waals surface area contributed by atoms with Gasteiger partial charge in [0.2, 0.25) is 0 Å². The maximum Gasteiger partial charge on any atom is 0.416 e. The highest BCUT2D eigenvalue weighted by Crippen LogP contribution is 2.29. The lowest BCUT2D eigenvalue weighted by molar-refractivity contribution is -0.137. The molecule has 110 valence electrons. The Labute approximate surface area is 123 Å². The number of carbonyl (C=O) groups excluding carboxylic acids is 1. The van der Waals surface area contributed by atoms with Crippen LogP contribution >= 0.6 is 15.9 Å². The summed E-state index contributed by atoms with van der Waals surface area (Å²) in [6.45, 7) is 0. The molecule has 1 aliphatic carbocycles. The van der Waals surface area contributed by atoms with Crippen LogP contribution in [0.1, 0.15) is 41.6 Å². The summed E-state index contributed by atoms with van der Waals surface area (Å²) in [5.74, 6) is -0.324. The molecule has 1 saturated carbocycles. The standard InChI is InChI=1S/C14H15BrF3NO/c15-11-3-1-2-4-12(11)19-13(20)9-5-7-10(8-6-9)14(16,17)18/h5-8,11-12H,1-4H2,(H,19,20). The van der Waals surface area contributed by atoms with Gasteiger partial charge in [0, 0.05) is 16.4 Å². The Balaban J connectivity index is 2.02. The first-order valence-electron chi connectivity index (χ1n) is 6.50. The van der Waals surface area contributed by atoms with Gasteiger partial charge in [-0.1, -0.05) is 28.8 Å². The summed E-state index contributed by atoms with van der Waals surface area (Å²) >= 11 is 3.53. The topological polar surface area (TPSA) is 29.1 Å². The molecule has 1 amide bonds. The van der Waals surface area contributed by atoms with Crippen molar-refractivity contribution in [3.63, 3.8) is 0 Å². The highest BCUT2D eigenvalue weighted by Gasteiger charge is 2.30. The Kier molecular flexibility index (Phi) is 4.73. The van der Waals surface area contributed by atoms with Gasteiger partial charge < -0.3 is 5.32 Å². The predicted molar refractivity (Wildman–Crippen MR) is 73.9 cm³/mol. The molecule has 0 bridgehead atoms. The number of amides is 1. The van der Waals surface area contributed by atoms with Crippen molar-refractivity contribution in [2.24, 2.45) is 0 Å². The number of halogens is 4. The average molecular weight is 350 g/mol. The molecule has 2 nitrogen and oxygen atoms in total. The fourth-order valence-electron chi connectivity index (χ4n) is 2.31. The van der Waals surface area contributed by atoms with Crippen molar-refractivity contribution in [1.29, 1.82) is 0 Å². The van der Waals surface area contributed by atoms with Gasteiger partial charge in [0.15, 0.2) is 0 Å². The first-order chi connectivity index (χ1) is 9.38. The third kappa shape index (κ3) is 3.75. The lowest BCUT2D eigenvalue weighted by Gasteiger charge is -2.28. The molecule has 1 aliphatic rings. The molecule has 2 atom stereocenters. The highest BCUT2D eigenvalue weighted by atomic mass is 79.9. The molecule has 20 heavy (non-hydrogen) atoms. The average Bonchev–Trinajstić information content (AvgIpc) is 2.40. The summed E-state index contributed by atoms with van der Waals surface area (Å²) in [6, 6.07) is 4.33. The van der Waals surface area contributed by atoms with E-state index in [4.69, 9.17) is 0 Å². The molecule has 0 aromatic heterocycles. The summed E-state index contributed by atoms with van der Waals surface area (Å²) < 4.78 is 37.3. The first-order valence-corrected chi connectivity index (χ1v) is 7.41. The van der Waals surface area contributed by atoms with E-state index in [0.29, 0.717) is 0 Å². The predicted octanol–water partition coefficient (Wildman–Crippen LogP) is 4.14. The molecule has 1 N–H and O–H groups in total. The monoisotopic (exact) mass is 349 g/mol. The van der Waals surface area contributed by atoms with E-state index < -0.39 is 11.7 Å². The molecule has 0 radical (unpaired) electrons. The van der Waals surface area contributed by atoms with Crippen molar-refractivity contribution in [1.82, 2.24) is 5.32 Å². The van der Waals surface area contributed by atoms with Crippen LogP contribution in [0.25, 0.3) is 0 Å². The zero-order valence-corrected chi connectivity index (χ0v) is 12.3. The van der Waals surface area contributed by atoms with Crippen LogP contribution in [0.15, 0.2) is 24.3 Å². The minimum Gasteiger partial charge on any atom is -0.348 e. The van der Waals surface area contributed by atoms with Crippen molar-refractivity contribution < 1.29 is 18.0 Å². The van der Waals surface area contributed by atoms with E-state index in [1.165, 1.54) is 12.1 Å². The van der Waals surface area contributed by atoms with Crippen LogP contribution in [0, 0.1) is 0 Å². The molecule has 0 saturated heterocycles. The minimum absolute atomic E-state index is 0.0403. The maximum absolute atomic E-state index is 12.4. The van der Waals surface area contributed by atoms with Gasteiger partial charge in [-0.05, 0) is 37.1 Å². The fraction of sp³-hybridized carbons (Fsp3) is 0.500. The van der Waals surface area contributed by atoms with Crippen molar-refractivity contribution in [2.45, 2.75) is 42.7 Å². The molecule has 0 aliphatic heterocycles. The van der Waals surface area contributed by atoms with Gasteiger partial charge >= 0.3 is 6.18 Å². The first kappa shape index (κ1) is 15.4. The molecule has 1 aromatic carbocycles. The molecule has 2 unspecified atom stereocenters. The second-order valence-corrected chi connectivity index (χ2v) is 6.13. The van der Waals surface area contributed by atoms with Crippen molar-refractivity contribution in [2.75, 3.05) is 0 Å². The van der Waals surface area contributed by atoms with E-state index in [2.05, 4.69) is 21.2 Å². The molecule has 1 fully saturated rings. The summed E-state index contributed by atoms with van der Waals surface area (Å²) in [5.41, 5.74) is -0.492. The molecule has 0 heterocycles. The number of nitrogens with one attached hydrogen (secondary N) is 1. The summed E-state index contributed by atoms with van der Waals surface area (Å²) in [6.07, 6.45) is -0.303. The van der Waals surface area contributed by atoms with Gasteiger partial charge in [0.25, 0.3) is 5.91 Å². The Morgan fingerprint density at radius 1 is 1.15 bits per heavy atom. The van der Waals surface area contributed by atoms with Gasteiger partial charge in [-0.15, -0.1) is 0 Å². The van der Waals surface area contributed by atoms with Gasteiger partial charge in [-0.2, -0.15) is 13.2 Å². The van der Waals surface area contributed by atoms with Crippen LogP contribution in [0.4, 0.5) is 13.2 Å². The third-order valence-corrected chi connectivity index (χ3v) is 4.57. The highest BCUT2D eigenvalue weighted by molar-refractivity contribution is 9.09. The molecule has 6 heteroatoms. The largest absolute Gasteiger partial charge is 0.416 e. The third-order valence-electron chi connectivity index (χ3n) is 3.47. The number of alkyl halides is 4. The van der Waals surface area contributed by atoms with Crippen LogP contribution in [0.2, 0.25) is 0 Å². The lowest BCUT2D eigenvalue weighted by Crippen LogP contribution is -2.42. The molecule has 0 spiro atoms. The van der Waals surface area contributed by atoms with Crippen LogP contribution < -0.4 is 5.32 Å². The van der Waals surface area contributed by atoms with Gasteiger partial charge in [-0.3, -0.25) is 4.79 Å². The summed E-state index contributed by atoms with van der Waals surface area (Å²) in [4.78, 5) is 12.2. The maximum atomic E-state index is 12.4. The lowest BCUT2D eigenvalue weighted by atomic mass is 9.95. The van der Waals surface area contributed by atoms with Crippen molar-refractivity contribution >= 4 is 21.8 Å². The number of hydrogen-bond acceptors (Lipinski definition) is 1. The fourth-order valence-corrected chi connectivity index (χ4v) is 3.03. The van der Waals surface area contributed by atoms with Crippen LogP contribution in [-0.4, -0.2) is 16.8 Å². The van der Waals surface area contributed by atoms with E-state index in [0.717, 1.165) is 37.8 Å². The van der Waals surface area contributed by atoms with E-state index in [-0.39, 0.29) is 22.3 Å². The van der Waals surface area contributed by atoms with E-state index in [1.807, 2.05) is 0 Å². The quantitative estimate of drug-likeness (QED) is 0.798. The smallest absolute Gasteiger partial charge is 0.348 e.